The highest BCUT2D eigenvalue weighted by Crippen LogP contribution is 2.28. The fourth-order valence-electron chi connectivity index (χ4n) is 2.17. The predicted octanol–water partition coefficient (Wildman–Crippen LogP) is 0.205. The maximum absolute atomic E-state index is 11.9. The third-order valence-electron chi connectivity index (χ3n) is 3.19. The summed E-state index contributed by atoms with van der Waals surface area (Å²) < 4.78 is 0. The van der Waals surface area contributed by atoms with Gasteiger partial charge in [-0.1, -0.05) is 0 Å². The van der Waals surface area contributed by atoms with E-state index < -0.39 is 5.54 Å². The van der Waals surface area contributed by atoms with Crippen LogP contribution < -0.4 is 10.7 Å². The number of hydrogen-bond acceptors (Lipinski definition) is 4. The maximum Gasteiger partial charge on any atom is 0.268 e. The highest BCUT2D eigenvalue weighted by molar-refractivity contribution is 6.39. The lowest BCUT2D eigenvalue weighted by Gasteiger charge is -2.23. The molecule has 0 spiro atoms. The summed E-state index contributed by atoms with van der Waals surface area (Å²) in [4.78, 5) is 22.8. The van der Waals surface area contributed by atoms with Gasteiger partial charge in [-0.05, 0) is 25.7 Å². The number of carbonyl (C=O) groups excluding carboxylic acids is 2. The van der Waals surface area contributed by atoms with E-state index >= 15 is 0 Å². The number of amides is 2. The standard InChI is InChI=1S/C11H14N4O2/c12-7-11(5-1-2-6-11)13-10(17)8-3-4-9(16)15-14-8/h1-6H2,(H,13,17)(H,15,16). The molecule has 0 saturated heterocycles. The fraction of sp³-hybridized carbons (Fsp3) is 0.636. The number of nitriles is 1. The summed E-state index contributed by atoms with van der Waals surface area (Å²) in [6, 6.07) is 2.18. The molecule has 1 aliphatic heterocycles. The van der Waals surface area contributed by atoms with E-state index in [9.17, 15) is 9.59 Å². The van der Waals surface area contributed by atoms with Crippen molar-refractivity contribution >= 4 is 17.5 Å². The van der Waals surface area contributed by atoms with Crippen LogP contribution in [0.3, 0.4) is 0 Å². The first-order chi connectivity index (χ1) is 8.15. The monoisotopic (exact) mass is 234 g/mol. The summed E-state index contributed by atoms with van der Waals surface area (Å²) in [6.45, 7) is 0. The predicted molar refractivity (Wildman–Crippen MR) is 59.8 cm³/mol. The second kappa shape index (κ2) is 4.53. The Labute approximate surface area is 99.1 Å². The molecule has 0 radical (unpaired) electrons. The molecule has 6 nitrogen and oxygen atoms in total. The van der Waals surface area contributed by atoms with E-state index in [1.165, 1.54) is 0 Å². The zero-order chi connectivity index (χ0) is 12.3. The molecule has 90 valence electrons. The Bertz CT molecular complexity index is 416. The van der Waals surface area contributed by atoms with Crippen molar-refractivity contribution in [2.45, 2.75) is 44.1 Å². The quantitative estimate of drug-likeness (QED) is 0.714. The van der Waals surface area contributed by atoms with Gasteiger partial charge in [0.05, 0.1) is 6.07 Å². The van der Waals surface area contributed by atoms with Crippen LogP contribution in [-0.4, -0.2) is 23.1 Å². The molecule has 1 fully saturated rings. The first-order valence-electron chi connectivity index (χ1n) is 5.74. The molecule has 1 aliphatic carbocycles. The third-order valence-corrected chi connectivity index (χ3v) is 3.19. The van der Waals surface area contributed by atoms with Crippen LogP contribution in [-0.2, 0) is 9.59 Å². The second-order valence-corrected chi connectivity index (χ2v) is 4.45. The van der Waals surface area contributed by atoms with Gasteiger partial charge in [-0.15, -0.1) is 0 Å². The molecule has 17 heavy (non-hydrogen) atoms. The molecule has 2 rings (SSSR count). The minimum atomic E-state index is -0.735. The number of rotatable bonds is 2. The summed E-state index contributed by atoms with van der Waals surface area (Å²) >= 11 is 0. The van der Waals surface area contributed by atoms with Crippen molar-refractivity contribution in [1.29, 1.82) is 5.26 Å². The van der Waals surface area contributed by atoms with Gasteiger partial charge in [-0.3, -0.25) is 9.59 Å². The van der Waals surface area contributed by atoms with Crippen molar-refractivity contribution in [3.05, 3.63) is 0 Å². The van der Waals surface area contributed by atoms with Gasteiger partial charge < -0.3 is 5.32 Å². The lowest BCUT2D eigenvalue weighted by molar-refractivity contribution is -0.121. The van der Waals surface area contributed by atoms with Crippen LogP contribution in [0, 0.1) is 11.3 Å². The van der Waals surface area contributed by atoms with E-state index in [0.717, 1.165) is 12.8 Å². The van der Waals surface area contributed by atoms with Gasteiger partial charge in [-0.2, -0.15) is 10.4 Å². The molecule has 0 aromatic carbocycles. The van der Waals surface area contributed by atoms with Crippen LogP contribution in [0.2, 0.25) is 0 Å². The number of hydrazone groups is 1. The second-order valence-electron chi connectivity index (χ2n) is 4.45. The molecule has 0 bridgehead atoms. The van der Waals surface area contributed by atoms with Crippen molar-refractivity contribution in [1.82, 2.24) is 10.7 Å². The molecule has 0 aromatic heterocycles. The smallest absolute Gasteiger partial charge is 0.268 e. The van der Waals surface area contributed by atoms with Crippen molar-refractivity contribution < 1.29 is 9.59 Å². The van der Waals surface area contributed by atoms with Crippen LogP contribution >= 0.6 is 0 Å². The van der Waals surface area contributed by atoms with Crippen molar-refractivity contribution in [3.8, 4) is 6.07 Å². The number of hydrogen-bond donors (Lipinski definition) is 2. The summed E-state index contributed by atoms with van der Waals surface area (Å²) in [6.07, 6.45) is 3.89. The first kappa shape index (κ1) is 11.6. The van der Waals surface area contributed by atoms with Crippen molar-refractivity contribution in [3.63, 3.8) is 0 Å². The van der Waals surface area contributed by atoms with E-state index in [1.807, 2.05) is 0 Å². The third kappa shape index (κ3) is 2.44. The molecule has 1 heterocycles. The van der Waals surface area contributed by atoms with Crippen LogP contribution in [0.5, 0.6) is 0 Å². The molecule has 0 aromatic rings. The Morgan fingerprint density at radius 3 is 2.65 bits per heavy atom. The Kier molecular flexibility index (Phi) is 3.09. The fourth-order valence-corrected chi connectivity index (χ4v) is 2.17. The van der Waals surface area contributed by atoms with Crippen molar-refractivity contribution in [2.24, 2.45) is 5.10 Å². The first-order valence-corrected chi connectivity index (χ1v) is 5.74. The summed E-state index contributed by atoms with van der Waals surface area (Å²) in [5.74, 6) is -0.522. The van der Waals surface area contributed by atoms with E-state index in [2.05, 4.69) is 21.9 Å². The number of carbonyl (C=O) groups is 2. The minimum absolute atomic E-state index is 0.183. The number of nitrogens with one attached hydrogen (secondary N) is 2. The SMILES string of the molecule is N#CC1(NC(=O)C2=NNC(=O)CC2)CCCC1. The summed E-state index contributed by atoms with van der Waals surface area (Å²) in [5.41, 5.74) is 1.84. The van der Waals surface area contributed by atoms with E-state index in [0.29, 0.717) is 25.0 Å². The van der Waals surface area contributed by atoms with E-state index in [-0.39, 0.29) is 18.2 Å². The lowest BCUT2D eigenvalue weighted by Crippen LogP contribution is -2.49. The highest BCUT2D eigenvalue weighted by atomic mass is 16.2. The minimum Gasteiger partial charge on any atom is -0.333 e. The summed E-state index contributed by atoms with van der Waals surface area (Å²) in [7, 11) is 0. The van der Waals surface area contributed by atoms with Crippen LogP contribution in [0.15, 0.2) is 5.10 Å². The van der Waals surface area contributed by atoms with Gasteiger partial charge in [-0.25, -0.2) is 5.43 Å². The topological polar surface area (TPSA) is 94.3 Å². The average molecular weight is 234 g/mol. The molecule has 0 atom stereocenters. The van der Waals surface area contributed by atoms with Crippen LogP contribution in [0.4, 0.5) is 0 Å². The molecule has 2 amide bonds. The molecule has 2 N–H and O–H groups in total. The lowest BCUT2D eigenvalue weighted by atomic mass is 9.99. The molecule has 0 unspecified atom stereocenters. The van der Waals surface area contributed by atoms with Gasteiger partial charge in [0.2, 0.25) is 5.91 Å². The van der Waals surface area contributed by atoms with Crippen LogP contribution in [0.25, 0.3) is 0 Å². The van der Waals surface area contributed by atoms with E-state index in [4.69, 9.17) is 5.26 Å². The number of nitrogens with zero attached hydrogens (tertiary/aromatic N) is 2. The Balaban J connectivity index is 2.02. The van der Waals surface area contributed by atoms with Crippen LogP contribution in [0.1, 0.15) is 38.5 Å². The normalized spacial score (nSPS) is 22.3. The molecular formula is C11H14N4O2. The van der Waals surface area contributed by atoms with Gasteiger partial charge in [0.25, 0.3) is 5.91 Å². The molecule has 2 aliphatic rings. The Morgan fingerprint density at radius 2 is 2.12 bits per heavy atom. The maximum atomic E-state index is 11.9. The van der Waals surface area contributed by atoms with Crippen molar-refractivity contribution in [2.75, 3.05) is 0 Å². The zero-order valence-electron chi connectivity index (χ0n) is 9.45. The van der Waals surface area contributed by atoms with Gasteiger partial charge in [0, 0.05) is 12.8 Å². The molecule has 1 saturated carbocycles. The van der Waals surface area contributed by atoms with Gasteiger partial charge >= 0.3 is 0 Å². The largest absolute Gasteiger partial charge is 0.333 e. The van der Waals surface area contributed by atoms with E-state index in [1.54, 1.807) is 0 Å². The van der Waals surface area contributed by atoms with Gasteiger partial charge in [0.15, 0.2) is 0 Å². The Morgan fingerprint density at radius 1 is 1.41 bits per heavy atom. The van der Waals surface area contributed by atoms with Gasteiger partial charge in [0.1, 0.15) is 11.3 Å². The highest BCUT2D eigenvalue weighted by Gasteiger charge is 2.36. The zero-order valence-corrected chi connectivity index (χ0v) is 9.45. The Hall–Kier alpha value is -1.90. The average Bonchev–Trinajstić information content (AvgIpc) is 2.79. The molecular weight excluding hydrogens is 220 g/mol. The summed E-state index contributed by atoms with van der Waals surface area (Å²) in [5, 5.41) is 15.6. The molecule has 6 heteroatoms.